The predicted octanol–water partition coefficient (Wildman–Crippen LogP) is 31.6. The maximum Gasteiger partial charge on any atom is 0.0159 e. The molecule has 124 heavy (non-hydrogen) atoms. The molecule has 0 N–H and O–H groups in total. The van der Waals surface area contributed by atoms with Crippen LogP contribution in [0.2, 0.25) is 0 Å². The van der Waals surface area contributed by atoms with Gasteiger partial charge in [0.2, 0.25) is 0 Å². The first-order chi connectivity index (χ1) is 61.1. The molecule has 0 aliphatic heterocycles. The van der Waals surface area contributed by atoms with E-state index >= 15 is 0 Å². The summed E-state index contributed by atoms with van der Waals surface area (Å²) in [5, 5.41) is 2.53. The highest BCUT2D eigenvalue weighted by Crippen LogP contribution is 2.63. The summed E-state index contributed by atoms with van der Waals surface area (Å²) >= 11 is 0. The molecule has 26 rings (SSSR count). The van der Waals surface area contributed by atoms with Gasteiger partial charge in [-0.05, 0) is 280 Å². The van der Waals surface area contributed by atoms with E-state index < -0.39 is 0 Å². The quantitative estimate of drug-likeness (QED) is 0.135. The summed E-state index contributed by atoms with van der Waals surface area (Å²) in [7, 11) is 0. The van der Waals surface area contributed by atoms with Crippen LogP contribution in [0.3, 0.4) is 0 Å². The third-order valence-corrected chi connectivity index (χ3v) is 27.6. The molecule has 18 aromatic carbocycles. The number of benzene rings is 18. The average Bonchev–Trinajstić information content (AvgIpc) is 1.55. The molecular weight excluding hydrogens is 1490 g/mol. The van der Waals surface area contributed by atoms with Gasteiger partial charge in [-0.2, -0.15) is 0 Å². The van der Waals surface area contributed by atoms with Gasteiger partial charge in [-0.25, -0.2) is 0 Å². The Balaban J connectivity index is 0.000000105. The molecule has 0 nitrogen and oxygen atoms in total. The van der Waals surface area contributed by atoms with Crippen LogP contribution in [-0.4, -0.2) is 0 Å². The van der Waals surface area contributed by atoms with E-state index in [2.05, 4.69) is 464 Å². The van der Waals surface area contributed by atoms with Crippen molar-refractivity contribution in [2.45, 2.75) is 38.5 Å². The molecule has 0 radical (unpaired) electrons. The number of rotatable bonds is 9. The Morgan fingerprint density at radius 3 is 0.694 bits per heavy atom. The van der Waals surface area contributed by atoms with E-state index in [1.54, 1.807) is 0 Å². The van der Waals surface area contributed by atoms with Crippen LogP contribution in [0.4, 0.5) is 0 Å². The Kier molecular flexibility index (Phi) is 16.8. The Labute approximate surface area is 725 Å². The third kappa shape index (κ3) is 11.3. The minimum absolute atomic E-state index is 0.00299. The fourth-order valence-electron chi connectivity index (χ4n) is 22.0. The van der Waals surface area contributed by atoms with Gasteiger partial charge in [-0.1, -0.05) is 440 Å². The van der Waals surface area contributed by atoms with E-state index in [-0.39, 0.29) is 10.8 Å². The van der Waals surface area contributed by atoms with Gasteiger partial charge in [0.25, 0.3) is 0 Å². The van der Waals surface area contributed by atoms with Gasteiger partial charge in [0.15, 0.2) is 0 Å². The molecule has 8 aliphatic rings. The van der Waals surface area contributed by atoms with Crippen molar-refractivity contribution in [2.24, 2.45) is 0 Å². The Morgan fingerprint density at radius 2 is 0.323 bits per heavy atom. The molecule has 0 amide bonds. The second kappa shape index (κ2) is 28.7. The number of hydrogen-bond acceptors (Lipinski definition) is 0. The number of hydrogen-bond donors (Lipinski definition) is 0. The summed E-state index contributed by atoms with van der Waals surface area (Å²) in [6.45, 7) is 9.38. The lowest BCUT2D eigenvalue weighted by atomic mass is 9.81. The monoisotopic (exact) mass is 1570 g/mol. The van der Waals surface area contributed by atoms with Crippen LogP contribution in [0.15, 0.2) is 437 Å². The number of allylic oxidation sites excluding steroid dienone is 6. The zero-order valence-corrected chi connectivity index (χ0v) is 69.6. The molecule has 0 saturated carbocycles. The molecule has 0 bridgehead atoms. The molecule has 18 aromatic rings. The SMILES string of the molecule is CC1(C)c2ccccc2-c2cc(-c3ccc(C4=C5C(=C(c6ccccc6)c6ccccc65)c5ccccc54)cc3)ccc21.CC1(C)c2ccccc2-c2ccc(-c3ccc(C4=C5C(=C(c6ccccc6)c6ccccc65)c5ccccc54)cc3)cc21.c1ccc(C2=C3C(=C(c4ccc5ccc(-c6ccccc6)cc5c4)c4ccccc43)c3ccccc32)cc1. The molecule has 0 saturated heterocycles. The van der Waals surface area contributed by atoms with Gasteiger partial charge in [0.05, 0.1) is 0 Å². The fraction of sp³-hybridized carbons (Fsp3) is 0.0484. The van der Waals surface area contributed by atoms with Crippen molar-refractivity contribution in [3.63, 3.8) is 0 Å². The van der Waals surface area contributed by atoms with Gasteiger partial charge < -0.3 is 0 Å². The van der Waals surface area contributed by atoms with Gasteiger partial charge >= 0.3 is 0 Å². The Bertz CT molecular complexity index is 7730. The topological polar surface area (TPSA) is 0 Å². The third-order valence-electron chi connectivity index (χ3n) is 27.6. The van der Waals surface area contributed by atoms with E-state index in [1.165, 1.54) is 256 Å². The molecule has 8 aliphatic carbocycles. The van der Waals surface area contributed by atoms with Gasteiger partial charge in [0.1, 0.15) is 0 Å². The zero-order valence-electron chi connectivity index (χ0n) is 69.6. The normalized spacial score (nSPS) is 14.7. The van der Waals surface area contributed by atoms with E-state index in [0.29, 0.717) is 0 Å². The molecule has 0 fully saturated rings. The lowest BCUT2D eigenvalue weighted by Gasteiger charge is -2.22. The first-order valence-corrected chi connectivity index (χ1v) is 43.6. The van der Waals surface area contributed by atoms with Crippen molar-refractivity contribution in [2.75, 3.05) is 0 Å². The summed E-state index contributed by atoms with van der Waals surface area (Å²) in [6, 6.07) is 161. The lowest BCUT2D eigenvalue weighted by molar-refractivity contribution is 0.660. The summed E-state index contributed by atoms with van der Waals surface area (Å²) in [4.78, 5) is 0. The van der Waals surface area contributed by atoms with Crippen LogP contribution in [-0.2, 0) is 10.8 Å². The minimum Gasteiger partial charge on any atom is -0.0622 e. The molecule has 0 heteroatoms. The summed E-state index contributed by atoms with van der Waals surface area (Å²) in [5.41, 5.74) is 58.4. The standard InChI is InChI=1S/2C43H30.C38H24/c1-43(2)37-19-11-10-14-31(37)32-25-24-30(26-38(32)43)27-20-22-29(23-21-27)40-34-16-7-9-18-36(34)41-39(28-12-4-3-5-13-28)33-15-6-8-17-35(33)42(40)41;1-43(2)37-19-11-10-14-31(37)36-26-30(24-25-38(36)43)27-20-22-29(23-21-27)40-33-16-7-9-18-35(33)41-39(28-12-4-3-5-13-28)32-15-6-8-17-34(32)42(40)41;1-3-11-25(12-4-1)28-21-19-26-20-22-29(24-30(26)23-28)36-32-16-8-10-18-34(32)37-35(27-13-5-2-6-14-27)31-15-7-9-17-33(31)38(36)37/h2*3-26H,1-2H3;1-24H. The largest absolute Gasteiger partial charge is 0.0622 e. The van der Waals surface area contributed by atoms with E-state index in [1.807, 2.05) is 0 Å². The van der Waals surface area contributed by atoms with E-state index in [4.69, 9.17) is 0 Å². The van der Waals surface area contributed by atoms with E-state index in [0.717, 1.165) is 0 Å². The predicted molar refractivity (Wildman–Crippen MR) is 522 cm³/mol. The maximum atomic E-state index is 2.41. The van der Waals surface area contributed by atoms with Gasteiger partial charge in [-0.3, -0.25) is 0 Å². The maximum absolute atomic E-state index is 2.41. The van der Waals surface area contributed by atoms with Crippen molar-refractivity contribution in [1.29, 1.82) is 0 Å². The fourth-order valence-corrected chi connectivity index (χ4v) is 22.0. The van der Waals surface area contributed by atoms with Crippen LogP contribution in [0.1, 0.15) is 150 Å². The highest BCUT2D eigenvalue weighted by molar-refractivity contribution is 6.38. The zero-order chi connectivity index (χ0) is 82.5. The Morgan fingerprint density at radius 1 is 0.113 bits per heavy atom. The van der Waals surface area contributed by atoms with Crippen LogP contribution in [0.5, 0.6) is 0 Å². The highest BCUT2D eigenvalue weighted by atomic mass is 14.5. The molecular formula is C124H84. The molecule has 0 spiro atoms. The van der Waals surface area contributed by atoms with Gasteiger partial charge in [0, 0.05) is 10.8 Å². The first-order valence-electron chi connectivity index (χ1n) is 43.6. The average molecular weight is 1570 g/mol. The van der Waals surface area contributed by atoms with Crippen molar-refractivity contribution in [3.05, 3.63) is 559 Å². The smallest absolute Gasteiger partial charge is 0.0159 e. The minimum atomic E-state index is -0.00299. The number of fused-ring (bicyclic) bond motifs is 22. The van der Waals surface area contributed by atoms with Crippen molar-refractivity contribution in [3.8, 4) is 55.6 Å². The van der Waals surface area contributed by atoms with Crippen LogP contribution in [0.25, 0.3) is 133 Å². The molecule has 0 atom stereocenters. The van der Waals surface area contributed by atoms with Crippen LogP contribution < -0.4 is 0 Å². The Hall–Kier alpha value is -15.3. The van der Waals surface area contributed by atoms with Crippen LogP contribution >= 0.6 is 0 Å². The molecule has 0 heterocycles. The van der Waals surface area contributed by atoms with Gasteiger partial charge in [-0.15, -0.1) is 0 Å². The summed E-state index contributed by atoms with van der Waals surface area (Å²) < 4.78 is 0. The van der Waals surface area contributed by atoms with Crippen molar-refractivity contribution >= 4 is 77.6 Å². The summed E-state index contributed by atoms with van der Waals surface area (Å²) in [6.07, 6.45) is 0. The molecule has 0 aromatic heterocycles. The second-order valence-corrected chi connectivity index (χ2v) is 35.0. The lowest BCUT2D eigenvalue weighted by Crippen LogP contribution is -2.14. The molecule has 0 unspecified atom stereocenters. The first kappa shape index (κ1) is 72.7. The van der Waals surface area contributed by atoms with Crippen molar-refractivity contribution < 1.29 is 0 Å². The van der Waals surface area contributed by atoms with Crippen molar-refractivity contribution in [1.82, 2.24) is 0 Å². The highest BCUT2D eigenvalue weighted by Gasteiger charge is 2.43. The second-order valence-electron chi connectivity index (χ2n) is 35.0. The molecule has 580 valence electrons. The van der Waals surface area contributed by atoms with E-state index in [9.17, 15) is 0 Å². The summed E-state index contributed by atoms with van der Waals surface area (Å²) in [5.74, 6) is 0. The van der Waals surface area contributed by atoms with Crippen LogP contribution in [0, 0.1) is 0 Å².